The fourth-order valence-corrected chi connectivity index (χ4v) is 2.22. The number of anilines is 1. The molecule has 7 heteroatoms. The minimum atomic E-state index is 0.250. The van der Waals surface area contributed by atoms with Gasteiger partial charge in [-0.05, 0) is 12.8 Å². The lowest BCUT2D eigenvalue weighted by molar-refractivity contribution is 0.706. The van der Waals surface area contributed by atoms with Crippen molar-refractivity contribution in [1.82, 2.24) is 24.7 Å². The molecule has 0 saturated heterocycles. The maximum absolute atomic E-state index is 6.12. The predicted octanol–water partition coefficient (Wildman–Crippen LogP) is 2.48. The quantitative estimate of drug-likeness (QED) is 0.852. The molecule has 0 aliphatic heterocycles. The largest absolute Gasteiger partial charge is 0.362 e. The molecule has 2 aromatic heterocycles. The van der Waals surface area contributed by atoms with Crippen molar-refractivity contribution in [3.8, 4) is 0 Å². The van der Waals surface area contributed by atoms with E-state index in [1.807, 2.05) is 11.5 Å². The monoisotopic (exact) mass is 280 g/mol. The summed E-state index contributed by atoms with van der Waals surface area (Å²) in [6.45, 7) is 7.56. The number of hydrogen-bond acceptors (Lipinski definition) is 5. The van der Waals surface area contributed by atoms with Gasteiger partial charge in [0, 0.05) is 12.1 Å². The Morgan fingerprint density at radius 1 is 1.37 bits per heavy atom. The topological polar surface area (TPSA) is 68.5 Å². The Balaban J connectivity index is 2.18. The average Bonchev–Trinajstić information content (AvgIpc) is 2.83. The smallest absolute Gasteiger partial charge is 0.152 e. The van der Waals surface area contributed by atoms with Crippen LogP contribution in [0.4, 0.5) is 5.82 Å². The minimum Gasteiger partial charge on any atom is -0.362 e. The molecule has 2 heterocycles. The molecule has 0 aliphatic rings. The standard InChI is InChI=1S/C12H17ClN6/c1-4-19-7-17-18-9(19)5-14-12-10(8(2)3)11(13)15-6-16-12/h6-8H,4-5H2,1-3H3,(H,14,15,16). The highest BCUT2D eigenvalue weighted by Gasteiger charge is 2.14. The average molecular weight is 281 g/mol. The van der Waals surface area contributed by atoms with Gasteiger partial charge in [-0.2, -0.15) is 0 Å². The number of halogens is 1. The van der Waals surface area contributed by atoms with Crippen molar-refractivity contribution in [2.24, 2.45) is 0 Å². The van der Waals surface area contributed by atoms with Crippen molar-refractivity contribution in [3.05, 3.63) is 29.2 Å². The molecule has 1 N–H and O–H groups in total. The second kappa shape index (κ2) is 5.97. The first-order valence-electron chi connectivity index (χ1n) is 6.24. The van der Waals surface area contributed by atoms with Crippen molar-refractivity contribution in [1.29, 1.82) is 0 Å². The molecule has 0 amide bonds. The highest BCUT2D eigenvalue weighted by atomic mass is 35.5. The molecule has 0 saturated carbocycles. The molecule has 2 aromatic rings. The number of hydrogen-bond donors (Lipinski definition) is 1. The zero-order chi connectivity index (χ0) is 13.8. The maximum atomic E-state index is 6.12. The zero-order valence-electron chi connectivity index (χ0n) is 11.3. The molecule has 0 bridgehead atoms. The summed E-state index contributed by atoms with van der Waals surface area (Å²) >= 11 is 6.12. The Hall–Kier alpha value is -1.69. The molecule has 0 aliphatic carbocycles. The van der Waals surface area contributed by atoms with Gasteiger partial charge >= 0.3 is 0 Å². The second-order valence-corrected chi connectivity index (χ2v) is 4.83. The lowest BCUT2D eigenvalue weighted by atomic mass is 10.1. The van der Waals surface area contributed by atoms with Gasteiger partial charge < -0.3 is 9.88 Å². The van der Waals surface area contributed by atoms with Gasteiger partial charge in [0.2, 0.25) is 0 Å². The molecule has 0 aromatic carbocycles. The second-order valence-electron chi connectivity index (χ2n) is 4.47. The van der Waals surface area contributed by atoms with Gasteiger partial charge in [0.05, 0.1) is 6.54 Å². The first kappa shape index (κ1) is 13.7. The van der Waals surface area contributed by atoms with Crippen LogP contribution < -0.4 is 5.32 Å². The third-order valence-corrected chi connectivity index (χ3v) is 3.16. The molecule has 0 unspecified atom stereocenters. The van der Waals surface area contributed by atoms with Gasteiger partial charge in [0.1, 0.15) is 23.6 Å². The van der Waals surface area contributed by atoms with E-state index in [1.54, 1.807) is 6.33 Å². The van der Waals surface area contributed by atoms with Crippen molar-refractivity contribution in [2.45, 2.75) is 39.8 Å². The van der Waals surface area contributed by atoms with E-state index in [2.05, 4.69) is 39.3 Å². The van der Waals surface area contributed by atoms with E-state index in [0.717, 1.165) is 23.8 Å². The molecule has 0 radical (unpaired) electrons. The summed E-state index contributed by atoms with van der Waals surface area (Å²) in [6.07, 6.45) is 3.18. The van der Waals surface area contributed by atoms with Crippen molar-refractivity contribution >= 4 is 17.4 Å². The fraction of sp³-hybridized carbons (Fsp3) is 0.500. The first-order valence-corrected chi connectivity index (χ1v) is 6.62. The van der Waals surface area contributed by atoms with E-state index in [4.69, 9.17) is 11.6 Å². The molecule has 6 nitrogen and oxygen atoms in total. The third kappa shape index (κ3) is 3.01. The van der Waals surface area contributed by atoms with E-state index in [-0.39, 0.29) is 5.92 Å². The summed E-state index contributed by atoms with van der Waals surface area (Å²) in [7, 11) is 0. The SMILES string of the molecule is CCn1cnnc1CNc1ncnc(Cl)c1C(C)C. The number of nitrogens with one attached hydrogen (secondary N) is 1. The summed E-state index contributed by atoms with van der Waals surface area (Å²) in [6, 6.07) is 0. The minimum absolute atomic E-state index is 0.250. The van der Waals surface area contributed by atoms with Gasteiger partial charge in [-0.1, -0.05) is 25.4 Å². The number of rotatable bonds is 5. The Kier molecular flexibility index (Phi) is 4.31. The van der Waals surface area contributed by atoms with E-state index in [1.165, 1.54) is 6.33 Å². The molecule has 2 rings (SSSR count). The van der Waals surface area contributed by atoms with Gasteiger partial charge in [-0.25, -0.2) is 9.97 Å². The van der Waals surface area contributed by atoms with Crippen LogP contribution in [-0.2, 0) is 13.1 Å². The van der Waals surface area contributed by atoms with Crippen LogP contribution >= 0.6 is 11.6 Å². The highest BCUT2D eigenvalue weighted by Crippen LogP contribution is 2.27. The molecule has 102 valence electrons. The first-order chi connectivity index (χ1) is 9.13. The van der Waals surface area contributed by atoms with Gasteiger partial charge in [0.25, 0.3) is 0 Å². The fourth-order valence-electron chi connectivity index (χ4n) is 1.87. The van der Waals surface area contributed by atoms with E-state index in [9.17, 15) is 0 Å². The Labute approximate surface area is 117 Å². The maximum Gasteiger partial charge on any atom is 0.152 e. The van der Waals surface area contributed by atoms with Gasteiger partial charge in [-0.3, -0.25) is 0 Å². The van der Waals surface area contributed by atoms with E-state index in [0.29, 0.717) is 11.7 Å². The lowest BCUT2D eigenvalue weighted by Gasteiger charge is -2.14. The van der Waals surface area contributed by atoms with Crippen LogP contribution in [0.25, 0.3) is 0 Å². The van der Waals surface area contributed by atoms with Gasteiger partial charge in [-0.15, -0.1) is 10.2 Å². The number of nitrogens with zero attached hydrogens (tertiary/aromatic N) is 5. The zero-order valence-corrected chi connectivity index (χ0v) is 12.0. The highest BCUT2D eigenvalue weighted by molar-refractivity contribution is 6.30. The summed E-state index contributed by atoms with van der Waals surface area (Å²) in [5.74, 6) is 1.87. The molecular weight excluding hydrogens is 264 g/mol. The van der Waals surface area contributed by atoms with Crippen LogP contribution in [0.2, 0.25) is 5.15 Å². The van der Waals surface area contributed by atoms with Crippen LogP contribution in [0, 0.1) is 0 Å². The van der Waals surface area contributed by atoms with Crippen LogP contribution in [-0.4, -0.2) is 24.7 Å². The lowest BCUT2D eigenvalue weighted by Crippen LogP contribution is -2.11. The molecular formula is C12H17ClN6. The van der Waals surface area contributed by atoms with Crippen LogP contribution in [0.3, 0.4) is 0 Å². The summed E-state index contributed by atoms with van der Waals surface area (Å²) < 4.78 is 1.98. The Morgan fingerprint density at radius 2 is 2.16 bits per heavy atom. The van der Waals surface area contributed by atoms with Crippen molar-refractivity contribution in [2.75, 3.05) is 5.32 Å². The normalized spacial score (nSPS) is 11.0. The van der Waals surface area contributed by atoms with E-state index >= 15 is 0 Å². The van der Waals surface area contributed by atoms with Crippen molar-refractivity contribution in [3.63, 3.8) is 0 Å². The number of aryl methyl sites for hydroxylation is 1. The Morgan fingerprint density at radius 3 is 2.84 bits per heavy atom. The molecule has 0 atom stereocenters. The predicted molar refractivity (Wildman–Crippen MR) is 74.2 cm³/mol. The van der Waals surface area contributed by atoms with Crippen LogP contribution in [0.1, 0.15) is 38.1 Å². The van der Waals surface area contributed by atoms with Crippen LogP contribution in [0.5, 0.6) is 0 Å². The summed E-state index contributed by atoms with van der Waals surface area (Å²) in [5.41, 5.74) is 0.923. The summed E-state index contributed by atoms with van der Waals surface area (Å²) in [5, 5.41) is 11.7. The van der Waals surface area contributed by atoms with E-state index < -0.39 is 0 Å². The van der Waals surface area contributed by atoms with Gasteiger partial charge in [0.15, 0.2) is 5.82 Å². The molecule has 0 spiro atoms. The van der Waals surface area contributed by atoms with Crippen LogP contribution in [0.15, 0.2) is 12.7 Å². The summed E-state index contributed by atoms with van der Waals surface area (Å²) in [4.78, 5) is 8.27. The molecule has 0 fully saturated rings. The van der Waals surface area contributed by atoms with Crippen molar-refractivity contribution < 1.29 is 0 Å². The molecule has 19 heavy (non-hydrogen) atoms. The third-order valence-electron chi connectivity index (χ3n) is 2.86. The Bertz CT molecular complexity index is 551. The number of aromatic nitrogens is 5.